The van der Waals surface area contributed by atoms with E-state index in [9.17, 15) is 0 Å². The van der Waals surface area contributed by atoms with E-state index in [0.29, 0.717) is 0 Å². The van der Waals surface area contributed by atoms with E-state index < -0.39 is 8.07 Å². The second kappa shape index (κ2) is 27.3. The SMILES string of the molecule is CC(C)(C)N1c2ccccc2N(c2ccccc2)c2ccccc21.CC(C)(C)N1c2ccccc2Oc2ccccc21.CC(C)(C)N1c2ccccc2Sc2ccccc21.CC(C)(C)N1c2ccccc2[Si](C)(C)c2ccccc21.CC1(C)c2ccccc2N(C(C)(C)C)c2ccccc21. The van der Waals surface area contributed by atoms with Crippen LogP contribution >= 0.6 is 11.8 Å². The van der Waals surface area contributed by atoms with E-state index in [0.717, 1.165) is 22.9 Å². The summed E-state index contributed by atoms with van der Waals surface area (Å²) in [5.41, 5.74) is 19.6. The van der Waals surface area contributed by atoms with E-state index in [1.165, 1.54) is 83.5 Å². The lowest BCUT2D eigenvalue weighted by Crippen LogP contribution is -2.61. The van der Waals surface area contributed by atoms with Gasteiger partial charge in [0.25, 0.3) is 0 Å². The van der Waals surface area contributed by atoms with Crippen molar-refractivity contribution in [2.75, 3.05) is 29.4 Å². The summed E-state index contributed by atoms with van der Waals surface area (Å²) in [6.45, 7) is 43.5. The van der Waals surface area contributed by atoms with Crippen molar-refractivity contribution < 1.29 is 4.74 Å². The molecule has 100 heavy (non-hydrogen) atoms. The normalized spacial score (nSPS) is 14.8. The summed E-state index contributed by atoms with van der Waals surface area (Å²) < 4.78 is 5.96. The van der Waals surface area contributed by atoms with Crippen molar-refractivity contribution >= 4 is 104 Å². The number of para-hydroxylation sites is 15. The van der Waals surface area contributed by atoms with Crippen molar-refractivity contribution in [3.05, 3.63) is 284 Å². The summed E-state index contributed by atoms with van der Waals surface area (Å²) in [7, 11) is -1.59. The maximum atomic E-state index is 5.96. The summed E-state index contributed by atoms with van der Waals surface area (Å²) in [6, 6.07) is 97.1. The molecule has 0 radical (unpaired) electrons. The van der Waals surface area contributed by atoms with Gasteiger partial charge in [0.15, 0.2) is 11.5 Å². The lowest BCUT2D eigenvalue weighted by molar-refractivity contribution is 0.451. The Morgan fingerprint density at radius 3 is 0.920 bits per heavy atom. The molecule has 0 amide bonds. The monoisotopic (exact) mass is 1350 g/mol. The Morgan fingerprint density at radius 2 is 0.530 bits per heavy atom. The van der Waals surface area contributed by atoms with Crippen LogP contribution in [0.25, 0.3) is 0 Å². The van der Waals surface area contributed by atoms with Gasteiger partial charge in [0.1, 0.15) is 8.07 Å². The van der Waals surface area contributed by atoms with Crippen molar-refractivity contribution in [3.8, 4) is 11.5 Å². The fourth-order valence-corrected chi connectivity index (χ4v) is 19.2. The Morgan fingerprint density at radius 1 is 0.270 bits per heavy atom. The maximum Gasteiger partial charge on any atom is 0.151 e. The fourth-order valence-electron chi connectivity index (χ4n) is 15.2. The Bertz CT molecular complexity index is 4250. The summed E-state index contributed by atoms with van der Waals surface area (Å²) in [5, 5.41) is 3.10. The minimum atomic E-state index is -1.59. The van der Waals surface area contributed by atoms with Crippen molar-refractivity contribution in [1.82, 2.24) is 0 Å². The Hall–Kier alpha value is -9.41. The lowest BCUT2D eigenvalue weighted by Gasteiger charge is -2.47. The van der Waals surface area contributed by atoms with Crippen LogP contribution in [0.2, 0.25) is 13.1 Å². The first kappa shape index (κ1) is 70.4. The van der Waals surface area contributed by atoms with Crippen LogP contribution in [0, 0.1) is 0 Å². The summed E-state index contributed by atoms with van der Waals surface area (Å²) >= 11 is 1.86. The molecule has 0 saturated heterocycles. The molecule has 0 bridgehead atoms. The van der Waals surface area contributed by atoms with E-state index in [1.54, 1.807) is 10.4 Å². The molecule has 0 aliphatic carbocycles. The second-order valence-electron chi connectivity index (χ2n) is 32.6. The molecule has 5 aliphatic rings. The zero-order chi connectivity index (χ0) is 71.3. The first-order valence-electron chi connectivity index (χ1n) is 35.5. The van der Waals surface area contributed by atoms with Crippen molar-refractivity contribution in [2.45, 2.75) is 174 Å². The fraction of sp³-hybridized carbons (Fsp3) is 0.275. The third-order valence-electron chi connectivity index (χ3n) is 19.2. The van der Waals surface area contributed by atoms with Gasteiger partial charge in [0, 0.05) is 71.3 Å². The van der Waals surface area contributed by atoms with E-state index in [1.807, 2.05) is 36.0 Å². The molecule has 0 unspecified atom stereocenters. The van der Waals surface area contributed by atoms with Crippen LogP contribution in [-0.4, -0.2) is 35.8 Å². The predicted octanol–water partition coefficient (Wildman–Crippen LogP) is 25.2. The highest BCUT2D eigenvalue weighted by Gasteiger charge is 2.43. The molecule has 512 valence electrons. The van der Waals surface area contributed by atoms with Gasteiger partial charge in [-0.15, -0.1) is 0 Å². The molecule has 0 spiro atoms. The van der Waals surface area contributed by atoms with E-state index in [-0.39, 0.29) is 33.1 Å². The van der Waals surface area contributed by atoms with Crippen LogP contribution in [0.3, 0.4) is 0 Å². The van der Waals surface area contributed by atoms with Crippen LogP contribution in [-0.2, 0) is 5.41 Å². The number of nitrogens with zero attached hydrogens (tertiary/aromatic N) is 6. The number of rotatable bonds is 1. The first-order valence-corrected chi connectivity index (χ1v) is 39.3. The molecule has 9 heteroatoms. The minimum absolute atomic E-state index is 0.00498. The third-order valence-corrected chi connectivity index (χ3v) is 23.9. The molecule has 0 fully saturated rings. The summed E-state index contributed by atoms with van der Waals surface area (Å²) in [6.07, 6.45) is 0. The summed E-state index contributed by atoms with van der Waals surface area (Å²) in [5.74, 6) is 1.84. The van der Waals surface area contributed by atoms with Gasteiger partial charge in [-0.2, -0.15) is 0 Å². The number of hydrogen-bond acceptors (Lipinski definition) is 8. The average Bonchev–Trinajstić information content (AvgIpc) is 0.741. The largest absolute Gasteiger partial charge is 0.453 e. The number of hydrogen-bond donors (Lipinski definition) is 0. The van der Waals surface area contributed by atoms with E-state index >= 15 is 0 Å². The van der Waals surface area contributed by atoms with Crippen LogP contribution < -0.4 is 44.5 Å². The van der Waals surface area contributed by atoms with E-state index in [4.69, 9.17) is 4.74 Å². The Balaban J connectivity index is 0.000000119. The van der Waals surface area contributed by atoms with Gasteiger partial charge in [-0.3, -0.25) is 0 Å². The van der Waals surface area contributed by atoms with Gasteiger partial charge in [-0.1, -0.05) is 202 Å². The second-order valence-corrected chi connectivity index (χ2v) is 38.0. The van der Waals surface area contributed by atoms with Gasteiger partial charge >= 0.3 is 0 Å². The smallest absolute Gasteiger partial charge is 0.151 e. The highest BCUT2D eigenvalue weighted by Crippen LogP contribution is 2.56. The maximum absolute atomic E-state index is 5.96. The molecule has 11 aromatic carbocycles. The molecule has 0 aromatic heterocycles. The molecule has 0 atom stereocenters. The molecular formula is C91H102N6OSSi. The number of fused-ring (bicyclic) bond motifs is 10. The van der Waals surface area contributed by atoms with Crippen LogP contribution in [0.4, 0.5) is 73.9 Å². The molecule has 7 nitrogen and oxygen atoms in total. The molecular weight excluding hydrogens is 1250 g/mol. The first-order chi connectivity index (χ1) is 47.4. The highest BCUT2D eigenvalue weighted by atomic mass is 32.2. The standard InChI is InChI=1S/C22H22N2.C19H23N.C18H23NSi.C16H17NO.C16H17NS/c1-22(2,3)24-20-15-9-7-13-18(20)23(17-11-5-4-6-12-17)19-14-8-10-16-21(19)24;1-18(2,3)20-16-12-8-6-10-14(16)19(4,5)15-11-7-9-13-17(15)20;1-18(2,3)19-14-10-6-8-12-16(14)20(4,5)17-13-9-7-11-15(17)19;2*1-16(2,3)17-12-8-4-6-10-14(12)18-15-11-7-5-9-13(15)17/h4-16H,1-3H3;2*6-13H,1-5H3;2*4-11H,1-3H3. The Labute approximate surface area is 603 Å². The average molecular weight is 1360 g/mol. The predicted molar refractivity (Wildman–Crippen MR) is 435 cm³/mol. The number of anilines is 13. The zero-order valence-electron chi connectivity index (χ0n) is 62.5. The minimum Gasteiger partial charge on any atom is -0.453 e. The lowest BCUT2D eigenvalue weighted by atomic mass is 9.73. The van der Waals surface area contributed by atoms with Gasteiger partial charge in [-0.05, 0) is 235 Å². The third kappa shape index (κ3) is 13.7. The summed E-state index contributed by atoms with van der Waals surface area (Å²) in [4.78, 5) is 17.2. The van der Waals surface area contributed by atoms with Crippen molar-refractivity contribution in [3.63, 3.8) is 0 Å². The topological polar surface area (TPSA) is 28.7 Å². The van der Waals surface area contributed by atoms with E-state index in [2.05, 4.69) is 409 Å². The van der Waals surface area contributed by atoms with Crippen LogP contribution in [0.5, 0.6) is 11.5 Å². The molecule has 0 N–H and O–H groups in total. The van der Waals surface area contributed by atoms with Crippen LogP contribution in [0.1, 0.15) is 129 Å². The number of benzene rings is 11. The highest BCUT2D eigenvalue weighted by molar-refractivity contribution is 7.99. The Kier molecular flexibility index (Phi) is 19.2. The quantitative estimate of drug-likeness (QED) is 0.150. The zero-order valence-corrected chi connectivity index (χ0v) is 64.3. The molecule has 5 heterocycles. The van der Waals surface area contributed by atoms with Crippen molar-refractivity contribution in [1.29, 1.82) is 0 Å². The van der Waals surface area contributed by atoms with Crippen LogP contribution in [0.15, 0.2) is 283 Å². The van der Waals surface area contributed by atoms with Crippen molar-refractivity contribution in [2.24, 2.45) is 0 Å². The molecule has 0 saturated carbocycles. The molecule has 11 aromatic rings. The van der Waals surface area contributed by atoms with Gasteiger partial charge < -0.3 is 34.1 Å². The number of ether oxygens (including phenoxy) is 1. The van der Waals surface area contributed by atoms with Gasteiger partial charge in [-0.25, -0.2) is 0 Å². The molecule has 5 aliphatic heterocycles. The van der Waals surface area contributed by atoms with Gasteiger partial charge in [0.05, 0.1) is 45.5 Å². The van der Waals surface area contributed by atoms with Gasteiger partial charge in [0.2, 0.25) is 0 Å². The molecule has 16 rings (SSSR count).